The van der Waals surface area contributed by atoms with Gasteiger partial charge in [-0.05, 0) is 48.9 Å². The Labute approximate surface area is 197 Å². The molecule has 0 saturated carbocycles. The van der Waals surface area contributed by atoms with Gasteiger partial charge in [0.1, 0.15) is 5.82 Å². The molecule has 0 spiro atoms. The highest BCUT2D eigenvalue weighted by molar-refractivity contribution is 6.30. The van der Waals surface area contributed by atoms with E-state index in [-0.39, 0.29) is 42.9 Å². The van der Waals surface area contributed by atoms with Crippen LogP contribution in [0.4, 0.5) is 15.8 Å². The van der Waals surface area contributed by atoms with Crippen molar-refractivity contribution >= 4 is 40.7 Å². The van der Waals surface area contributed by atoms with E-state index < -0.39 is 11.7 Å². The normalized spacial score (nSPS) is 18.6. The van der Waals surface area contributed by atoms with Crippen molar-refractivity contribution in [2.45, 2.75) is 13.3 Å². The van der Waals surface area contributed by atoms with E-state index in [1.54, 1.807) is 24.0 Å². The molecule has 2 aromatic carbocycles. The van der Waals surface area contributed by atoms with E-state index in [1.807, 2.05) is 24.3 Å². The van der Waals surface area contributed by atoms with E-state index in [1.165, 1.54) is 11.0 Å². The summed E-state index contributed by atoms with van der Waals surface area (Å²) >= 11 is 5.94. The summed E-state index contributed by atoms with van der Waals surface area (Å²) < 4.78 is 14.3. The zero-order chi connectivity index (χ0) is 23.5. The average Bonchev–Trinajstić information content (AvgIpc) is 3.19. The topological polar surface area (TPSA) is 73.0 Å². The lowest BCUT2D eigenvalue weighted by molar-refractivity contribution is -0.134. The molecular formula is C24H26ClFN4O3. The molecule has 0 aliphatic carbocycles. The van der Waals surface area contributed by atoms with Crippen molar-refractivity contribution in [3.8, 4) is 0 Å². The Hall–Kier alpha value is -3.13. The number of piperazine rings is 1. The molecule has 2 heterocycles. The van der Waals surface area contributed by atoms with E-state index in [0.717, 1.165) is 11.3 Å². The summed E-state index contributed by atoms with van der Waals surface area (Å²) in [7, 11) is 0. The summed E-state index contributed by atoms with van der Waals surface area (Å²) in [5.74, 6) is -1.94. The average molecular weight is 473 g/mol. The predicted molar refractivity (Wildman–Crippen MR) is 125 cm³/mol. The maximum atomic E-state index is 14.3. The second-order valence-electron chi connectivity index (χ2n) is 8.42. The summed E-state index contributed by atoms with van der Waals surface area (Å²) in [6.45, 7) is 4.23. The van der Waals surface area contributed by atoms with Crippen molar-refractivity contribution in [3.05, 3.63) is 58.9 Å². The first-order valence-corrected chi connectivity index (χ1v) is 11.3. The predicted octanol–water partition coefficient (Wildman–Crippen LogP) is 2.61. The molecule has 1 unspecified atom stereocenters. The number of carbonyl (C=O) groups is 3. The fraction of sp³-hybridized carbons (Fsp3) is 0.375. The smallest absolute Gasteiger partial charge is 0.242 e. The van der Waals surface area contributed by atoms with Crippen LogP contribution in [-0.4, -0.2) is 61.9 Å². The van der Waals surface area contributed by atoms with Gasteiger partial charge in [0.15, 0.2) is 0 Å². The van der Waals surface area contributed by atoms with Crippen molar-refractivity contribution in [2.24, 2.45) is 5.92 Å². The second-order valence-corrected chi connectivity index (χ2v) is 8.86. The van der Waals surface area contributed by atoms with Gasteiger partial charge in [-0.1, -0.05) is 17.7 Å². The molecule has 4 rings (SSSR count). The van der Waals surface area contributed by atoms with Crippen LogP contribution in [0.15, 0.2) is 42.5 Å². The van der Waals surface area contributed by atoms with Crippen LogP contribution in [0.1, 0.15) is 12.0 Å². The number of halogens is 2. The Balaban J connectivity index is 1.25. The minimum atomic E-state index is -0.618. The fourth-order valence-electron chi connectivity index (χ4n) is 4.23. The third kappa shape index (κ3) is 5.27. The van der Waals surface area contributed by atoms with Gasteiger partial charge in [0, 0.05) is 49.9 Å². The molecule has 0 bridgehead atoms. The number of hydrogen-bond acceptors (Lipinski definition) is 4. The third-order valence-corrected chi connectivity index (χ3v) is 6.38. The molecule has 3 amide bonds. The van der Waals surface area contributed by atoms with Gasteiger partial charge in [-0.25, -0.2) is 4.39 Å². The summed E-state index contributed by atoms with van der Waals surface area (Å²) in [5, 5.41) is 3.34. The van der Waals surface area contributed by atoms with Crippen molar-refractivity contribution < 1.29 is 18.8 Å². The number of nitrogens with zero attached hydrogens (tertiary/aromatic N) is 3. The number of rotatable bonds is 5. The van der Waals surface area contributed by atoms with E-state index >= 15 is 0 Å². The molecule has 2 fully saturated rings. The van der Waals surface area contributed by atoms with Crippen LogP contribution in [0.2, 0.25) is 5.02 Å². The van der Waals surface area contributed by atoms with E-state index in [0.29, 0.717) is 31.2 Å². The van der Waals surface area contributed by atoms with Crippen molar-refractivity contribution in [1.29, 1.82) is 0 Å². The number of anilines is 2. The first-order valence-electron chi connectivity index (χ1n) is 10.9. The highest BCUT2D eigenvalue weighted by Crippen LogP contribution is 2.28. The molecule has 7 nitrogen and oxygen atoms in total. The molecule has 33 heavy (non-hydrogen) atoms. The molecule has 2 aliphatic rings. The molecule has 2 aromatic rings. The largest absolute Gasteiger partial charge is 0.368 e. The van der Waals surface area contributed by atoms with Gasteiger partial charge < -0.3 is 20.0 Å². The Morgan fingerprint density at radius 1 is 1.09 bits per heavy atom. The Bertz CT molecular complexity index is 1050. The lowest BCUT2D eigenvalue weighted by Crippen LogP contribution is -2.51. The minimum Gasteiger partial charge on any atom is -0.368 e. The van der Waals surface area contributed by atoms with Gasteiger partial charge >= 0.3 is 0 Å². The summed E-state index contributed by atoms with van der Waals surface area (Å²) in [4.78, 5) is 42.7. The van der Waals surface area contributed by atoms with Gasteiger partial charge in [0.2, 0.25) is 17.7 Å². The second kappa shape index (κ2) is 9.79. The van der Waals surface area contributed by atoms with Gasteiger partial charge in [0.25, 0.3) is 0 Å². The number of amides is 3. The van der Waals surface area contributed by atoms with Crippen LogP contribution >= 0.6 is 11.6 Å². The number of hydrogen-bond donors (Lipinski definition) is 1. The van der Waals surface area contributed by atoms with Gasteiger partial charge in [-0.2, -0.15) is 0 Å². The molecule has 2 saturated heterocycles. The highest BCUT2D eigenvalue weighted by Gasteiger charge is 2.36. The van der Waals surface area contributed by atoms with E-state index in [4.69, 9.17) is 11.6 Å². The van der Waals surface area contributed by atoms with Crippen molar-refractivity contribution in [3.63, 3.8) is 0 Å². The quantitative estimate of drug-likeness (QED) is 0.726. The number of aryl methyl sites for hydroxylation is 1. The summed E-state index contributed by atoms with van der Waals surface area (Å²) in [6.07, 6.45) is -0.00684. The molecule has 9 heteroatoms. The molecule has 0 radical (unpaired) electrons. The van der Waals surface area contributed by atoms with E-state index in [2.05, 4.69) is 10.2 Å². The zero-order valence-corrected chi connectivity index (χ0v) is 19.1. The van der Waals surface area contributed by atoms with Crippen LogP contribution in [0, 0.1) is 18.7 Å². The summed E-state index contributed by atoms with van der Waals surface area (Å²) in [6, 6.07) is 12.2. The Kier molecular flexibility index (Phi) is 6.83. The minimum absolute atomic E-state index is 0.00684. The molecular weight excluding hydrogens is 447 g/mol. The Morgan fingerprint density at radius 2 is 1.79 bits per heavy atom. The van der Waals surface area contributed by atoms with Crippen LogP contribution in [-0.2, 0) is 14.4 Å². The molecule has 0 aromatic heterocycles. The SMILES string of the molecule is Cc1ccc(N2CC(C(=O)NCC(=O)N3CCN(c4ccc(Cl)cc4)CC3)CC2=O)c(F)c1. The Morgan fingerprint density at radius 3 is 2.45 bits per heavy atom. The van der Waals surface area contributed by atoms with Crippen LogP contribution in [0.5, 0.6) is 0 Å². The molecule has 174 valence electrons. The zero-order valence-electron chi connectivity index (χ0n) is 18.4. The van der Waals surface area contributed by atoms with Gasteiger partial charge in [-0.15, -0.1) is 0 Å². The summed E-state index contributed by atoms with van der Waals surface area (Å²) in [5.41, 5.74) is 1.99. The fourth-order valence-corrected chi connectivity index (χ4v) is 4.36. The van der Waals surface area contributed by atoms with Crippen LogP contribution in [0.3, 0.4) is 0 Å². The molecule has 1 N–H and O–H groups in total. The van der Waals surface area contributed by atoms with Crippen LogP contribution in [0.25, 0.3) is 0 Å². The first kappa shape index (κ1) is 23.0. The van der Waals surface area contributed by atoms with Gasteiger partial charge in [-0.3, -0.25) is 14.4 Å². The van der Waals surface area contributed by atoms with Crippen molar-refractivity contribution in [2.75, 3.05) is 49.1 Å². The van der Waals surface area contributed by atoms with E-state index in [9.17, 15) is 18.8 Å². The molecule has 1 atom stereocenters. The maximum absolute atomic E-state index is 14.3. The number of nitrogens with one attached hydrogen (secondary N) is 1. The first-order chi connectivity index (χ1) is 15.8. The monoisotopic (exact) mass is 472 g/mol. The van der Waals surface area contributed by atoms with Gasteiger partial charge in [0.05, 0.1) is 18.2 Å². The third-order valence-electron chi connectivity index (χ3n) is 6.13. The standard InChI is InChI=1S/C24H26ClFN4O3/c1-16-2-7-21(20(26)12-16)30-15-17(13-22(30)31)24(33)27-14-23(32)29-10-8-28(9-11-29)19-5-3-18(25)4-6-19/h2-7,12,17H,8-11,13-15H2,1H3,(H,27,33). The molecule has 2 aliphatic heterocycles. The van der Waals surface area contributed by atoms with Crippen molar-refractivity contribution in [1.82, 2.24) is 10.2 Å². The lowest BCUT2D eigenvalue weighted by Gasteiger charge is -2.36. The number of carbonyl (C=O) groups excluding carboxylic acids is 3. The lowest BCUT2D eigenvalue weighted by atomic mass is 10.1. The van der Waals surface area contributed by atoms with Crippen LogP contribution < -0.4 is 15.1 Å². The highest BCUT2D eigenvalue weighted by atomic mass is 35.5. The maximum Gasteiger partial charge on any atom is 0.242 e. The number of benzene rings is 2.